The number of anilines is 2. The lowest BCUT2D eigenvalue weighted by Gasteiger charge is -2.38. The molecule has 1 amide bonds. The molecule has 274 valence electrons. The van der Waals surface area contributed by atoms with Gasteiger partial charge in [0.1, 0.15) is 5.69 Å². The fourth-order valence-electron chi connectivity index (χ4n) is 8.61. The second-order valence-electron chi connectivity index (χ2n) is 15.5. The zero-order valence-corrected chi connectivity index (χ0v) is 31.0. The third-order valence-corrected chi connectivity index (χ3v) is 13.7. The Morgan fingerprint density at radius 3 is 2.37 bits per heavy atom. The number of ether oxygens (including phenoxy) is 1. The van der Waals surface area contributed by atoms with Gasteiger partial charge >= 0.3 is 0 Å². The third-order valence-electron chi connectivity index (χ3n) is 12.4. The SMILES string of the molecule is CC1(C)[C@H]2C=C(c3ccccc3C=C3CCN(c4ccc(C(=O)NS(=O)(=O)c5ccc(NCC6CCOCC6)c([N+](=O)[O-])c5)cc4)CC3)[C@@]1(C)CC2. The van der Waals surface area contributed by atoms with Crippen molar-refractivity contribution in [3.63, 3.8) is 0 Å². The number of benzene rings is 3. The van der Waals surface area contributed by atoms with Crippen molar-refractivity contribution >= 4 is 44.6 Å². The first kappa shape index (κ1) is 35.9. The zero-order chi connectivity index (χ0) is 36.7. The highest BCUT2D eigenvalue weighted by atomic mass is 32.2. The van der Waals surface area contributed by atoms with Crippen molar-refractivity contribution in [1.82, 2.24) is 4.72 Å². The van der Waals surface area contributed by atoms with Crippen molar-refractivity contribution in [3.8, 4) is 0 Å². The molecule has 2 aliphatic heterocycles. The van der Waals surface area contributed by atoms with Crippen LogP contribution >= 0.6 is 0 Å². The molecule has 2 heterocycles. The Morgan fingerprint density at radius 1 is 1.00 bits per heavy atom. The molecule has 2 bridgehead atoms. The van der Waals surface area contributed by atoms with Crippen LogP contribution in [0.25, 0.3) is 11.6 Å². The molecule has 2 saturated heterocycles. The van der Waals surface area contributed by atoms with Gasteiger partial charge in [0.05, 0.1) is 9.82 Å². The van der Waals surface area contributed by atoms with Crippen molar-refractivity contribution in [1.29, 1.82) is 0 Å². The summed E-state index contributed by atoms with van der Waals surface area (Å²) in [6, 6.07) is 19.3. The monoisotopic (exact) mass is 724 g/mol. The maximum atomic E-state index is 13.2. The summed E-state index contributed by atoms with van der Waals surface area (Å²) >= 11 is 0. The zero-order valence-electron chi connectivity index (χ0n) is 30.2. The molecule has 0 spiro atoms. The Morgan fingerprint density at radius 2 is 1.71 bits per heavy atom. The molecule has 7 rings (SSSR count). The predicted octanol–water partition coefficient (Wildman–Crippen LogP) is 8.08. The Kier molecular flexibility index (Phi) is 9.77. The minimum absolute atomic E-state index is 0.178. The second kappa shape index (κ2) is 14.2. The maximum Gasteiger partial charge on any atom is 0.293 e. The normalized spacial score (nSPS) is 22.9. The van der Waals surface area contributed by atoms with E-state index in [1.54, 1.807) is 12.1 Å². The lowest BCUT2D eigenvalue weighted by molar-refractivity contribution is -0.384. The topological polar surface area (TPSA) is 131 Å². The van der Waals surface area contributed by atoms with E-state index in [-0.39, 0.29) is 32.7 Å². The number of allylic oxidation sites excluding steroid dienone is 2. The molecule has 2 aliphatic carbocycles. The van der Waals surface area contributed by atoms with Crippen LogP contribution in [0.15, 0.2) is 83.3 Å². The van der Waals surface area contributed by atoms with E-state index in [9.17, 15) is 23.3 Å². The molecule has 0 radical (unpaired) electrons. The van der Waals surface area contributed by atoms with Crippen LogP contribution < -0.4 is 14.9 Å². The van der Waals surface area contributed by atoms with Gasteiger partial charge in [-0.25, -0.2) is 13.1 Å². The summed E-state index contributed by atoms with van der Waals surface area (Å²) in [4.78, 5) is 26.2. The molecule has 3 fully saturated rings. The minimum Gasteiger partial charge on any atom is -0.381 e. The molecule has 4 aliphatic rings. The van der Waals surface area contributed by atoms with E-state index < -0.39 is 20.9 Å². The number of piperidine rings is 1. The largest absolute Gasteiger partial charge is 0.381 e. The van der Waals surface area contributed by atoms with E-state index in [0.717, 1.165) is 50.5 Å². The van der Waals surface area contributed by atoms with Crippen LogP contribution in [-0.2, 0) is 14.8 Å². The number of nitro benzene ring substituents is 1. The van der Waals surface area contributed by atoms with Gasteiger partial charge in [0.15, 0.2) is 0 Å². The van der Waals surface area contributed by atoms with Gasteiger partial charge in [-0.3, -0.25) is 14.9 Å². The summed E-state index contributed by atoms with van der Waals surface area (Å²) in [5, 5.41) is 14.9. The molecule has 3 aromatic rings. The van der Waals surface area contributed by atoms with Crippen molar-refractivity contribution in [2.75, 3.05) is 43.1 Å². The second-order valence-corrected chi connectivity index (χ2v) is 17.2. The Hall–Kier alpha value is -4.48. The standard InChI is InChI=1S/C41H48N4O6S/c1-40(2)32-14-19-41(40,3)36(25-32)35-7-5-4-6-31(35)24-28-15-20-44(21-16-28)33-10-8-30(9-11-33)39(46)43-52(49,50)34-12-13-37(38(26-34)45(47)48)42-27-29-17-22-51-23-18-29/h4-13,24-26,29,32,42H,14-23,27H2,1-3H3,(H,43,46)/t32-,41-/m1/s1. The summed E-state index contributed by atoms with van der Waals surface area (Å²) in [6.45, 7) is 10.8. The van der Waals surface area contributed by atoms with Gasteiger partial charge in [0, 0.05) is 50.2 Å². The van der Waals surface area contributed by atoms with Crippen LogP contribution in [0.5, 0.6) is 0 Å². The van der Waals surface area contributed by atoms with Crippen LogP contribution in [-0.4, -0.2) is 52.1 Å². The van der Waals surface area contributed by atoms with E-state index in [1.165, 1.54) is 47.2 Å². The van der Waals surface area contributed by atoms with Crippen LogP contribution in [0.4, 0.5) is 17.1 Å². The fourth-order valence-corrected chi connectivity index (χ4v) is 9.61. The van der Waals surface area contributed by atoms with Gasteiger partial charge in [-0.15, -0.1) is 0 Å². The fraction of sp³-hybridized carbons (Fsp3) is 0.439. The number of fused-ring (bicyclic) bond motifs is 2. The Bertz CT molecular complexity index is 2020. The summed E-state index contributed by atoms with van der Waals surface area (Å²) in [5.74, 6) is 0.141. The molecule has 1 saturated carbocycles. The molecule has 0 aromatic heterocycles. The number of hydrogen-bond donors (Lipinski definition) is 2. The molecule has 2 N–H and O–H groups in total. The highest BCUT2D eigenvalue weighted by molar-refractivity contribution is 7.90. The van der Waals surface area contributed by atoms with Crippen molar-refractivity contribution in [2.45, 2.75) is 64.2 Å². The number of nitrogens with zero attached hydrogens (tertiary/aromatic N) is 2. The molecular formula is C41H48N4O6S. The highest BCUT2D eigenvalue weighted by Crippen LogP contribution is 2.67. The van der Waals surface area contributed by atoms with Gasteiger partial charge in [-0.1, -0.05) is 62.8 Å². The van der Waals surface area contributed by atoms with Gasteiger partial charge in [0.25, 0.3) is 21.6 Å². The number of carbonyl (C=O) groups excluding carboxylic acids is 1. The summed E-state index contributed by atoms with van der Waals surface area (Å²) in [5.41, 5.74) is 7.04. The Labute approximate surface area is 306 Å². The first-order valence-corrected chi connectivity index (χ1v) is 19.9. The first-order chi connectivity index (χ1) is 24.9. The smallest absolute Gasteiger partial charge is 0.293 e. The predicted molar refractivity (Wildman–Crippen MR) is 205 cm³/mol. The lowest BCUT2D eigenvalue weighted by atomic mass is 9.66. The van der Waals surface area contributed by atoms with Crippen molar-refractivity contribution in [2.24, 2.45) is 22.7 Å². The highest BCUT2D eigenvalue weighted by Gasteiger charge is 2.57. The number of carbonyl (C=O) groups is 1. The number of rotatable bonds is 10. The van der Waals surface area contributed by atoms with E-state index in [1.807, 2.05) is 12.1 Å². The van der Waals surface area contributed by atoms with Gasteiger partial charge < -0.3 is 15.0 Å². The van der Waals surface area contributed by atoms with Crippen LogP contribution in [0, 0.1) is 32.8 Å². The van der Waals surface area contributed by atoms with E-state index >= 15 is 0 Å². The van der Waals surface area contributed by atoms with Gasteiger partial charge in [0.2, 0.25) is 0 Å². The van der Waals surface area contributed by atoms with E-state index in [0.29, 0.717) is 31.6 Å². The molecule has 11 heteroatoms. The number of hydrogen-bond acceptors (Lipinski definition) is 8. The summed E-state index contributed by atoms with van der Waals surface area (Å²) in [7, 11) is -4.37. The number of nitrogens with one attached hydrogen (secondary N) is 2. The number of nitro groups is 1. The molecule has 2 atom stereocenters. The van der Waals surface area contributed by atoms with Gasteiger partial charge in [-0.05, 0) is 114 Å². The maximum absolute atomic E-state index is 13.2. The van der Waals surface area contributed by atoms with Crippen molar-refractivity contribution < 1.29 is 22.9 Å². The van der Waals surface area contributed by atoms with Crippen molar-refractivity contribution in [3.05, 3.63) is 105 Å². The number of sulfonamides is 1. The molecule has 10 nitrogen and oxygen atoms in total. The summed E-state index contributed by atoms with van der Waals surface area (Å²) in [6.07, 6.45) is 11.0. The average molecular weight is 725 g/mol. The molecule has 52 heavy (non-hydrogen) atoms. The average Bonchev–Trinajstić information content (AvgIpc) is 3.49. The summed E-state index contributed by atoms with van der Waals surface area (Å²) < 4.78 is 33.7. The molecule has 3 aromatic carbocycles. The quantitative estimate of drug-likeness (QED) is 0.159. The lowest BCUT2D eigenvalue weighted by Crippen LogP contribution is -2.31. The van der Waals surface area contributed by atoms with Crippen LogP contribution in [0.1, 0.15) is 80.8 Å². The van der Waals surface area contributed by atoms with Crippen LogP contribution in [0.3, 0.4) is 0 Å². The van der Waals surface area contributed by atoms with E-state index in [2.05, 4.69) is 72.1 Å². The van der Waals surface area contributed by atoms with Crippen LogP contribution in [0.2, 0.25) is 0 Å². The van der Waals surface area contributed by atoms with Gasteiger partial charge in [-0.2, -0.15) is 0 Å². The molecular weight excluding hydrogens is 677 g/mol. The third kappa shape index (κ3) is 6.88. The number of amides is 1. The minimum atomic E-state index is -4.37. The Balaban J connectivity index is 0.971. The first-order valence-electron chi connectivity index (χ1n) is 18.4. The molecule has 0 unspecified atom stereocenters. The van der Waals surface area contributed by atoms with E-state index in [4.69, 9.17) is 4.74 Å².